The van der Waals surface area contributed by atoms with Crippen LogP contribution in [0.25, 0.3) is 0 Å². The molecule has 1 saturated carbocycles. The molecular formula is C19H20F3N5O. The van der Waals surface area contributed by atoms with Crippen LogP contribution in [0.1, 0.15) is 36.3 Å². The molecule has 0 aromatic carbocycles. The van der Waals surface area contributed by atoms with E-state index in [9.17, 15) is 18.0 Å². The van der Waals surface area contributed by atoms with Crippen LogP contribution in [0.2, 0.25) is 0 Å². The van der Waals surface area contributed by atoms with Crippen molar-refractivity contribution in [3.8, 4) is 0 Å². The van der Waals surface area contributed by atoms with E-state index in [-0.39, 0.29) is 17.8 Å². The minimum absolute atomic E-state index is 0.0322. The maximum atomic E-state index is 12.9. The molecule has 3 heterocycles. The number of halogens is 3. The Kier molecular flexibility index (Phi) is 5.03. The normalized spacial score (nSPS) is 27.2. The van der Waals surface area contributed by atoms with Gasteiger partial charge < -0.3 is 5.32 Å². The van der Waals surface area contributed by atoms with Crippen molar-refractivity contribution in [1.29, 1.82) is 0 Å². The molecular weight excluding hydrogens is 371 g/mol. The number of anilines is 1. The molecule has 2 aromatic heterocycles. The van der Waals surface area contributed by atoms with Crippen molar-refractivity contribution in [2.75, 3.05) is 5.32 Å². The molecule has 2 fully saturated rings. The SMILES string of the molecule is O=C(Nc1cc(C(F)(F)F)ccn1)C1NNC2CCC(c3cccnc3)CC21. The van der Waals surface area contributed by atoms with Gasteiger partial charge in [-0.25, -0.2) is 10.4 Å². The lowest BCUT2D eigenvalue weighted by molar-refractivity contribution is -0.137. The molecule has 0 radical (unpaired) electrons. The third kappa shape index (κ3) is 3.85. The molecule has 6 nitrogen and oxygen atoms in total. The van der Waals surface area contributed by atoms with E-state index in [1.807, 2.05) is 18.3 Å². The van der Waals surface area contributed by atoms with E-state index < -0.39 is 23.7 Å². The number of hydrogen-bond acceptors (Lipinski definition) is 5. The number of nitrogens with zero attached hydrogens (tertiary/aromatic N) is 2. The summed E-state index contributed by atoms with van der Waals surface area (Å²) in [5.41, 5.74) is 6.46. The zero-order valence-corrected chi connectivity index (χ0v) is 14.9. The summed E-state index contributed by atoms with van der Waals surface area (Å²) in [5.74, 6) is -0.160. The fourth-order valence-corrected chi connectivity index (χ4v) is 4.12. The highest BCUT2D eigenvalue weighted by atomic mass is 19.4. The van der Waals surface area contributed by atoms with Crippen LogP contribution in [0.4, 0.5) is 19.0 Å². The second-order valence-corrected chi connectivity index (χ2v) is 7.25. The maximum absolute atomic E-state index is 12.9. The van der Waals surface area contributed by atoms with E-state index in [0.29, 0.717) is 5.92 Å². The molecule has 9 heteroatoms. The lowest BCUT2D eigenvalue weighted by Gasteiger charge is -2.32. The summed E-state index contributed by atoms with van der Waals surface area (Å²) in [6, 6.07) is 5.27. The number of hydrogen-bond donors (Lipinski definition) is 3. The minimum atomic E-state index is -4.49. The monoisotopic (exact) mass is 391 g/mol. The number of amides is 1. The molecule has 1 amide bonds. The molecule has 4 rings (SSSR count). The van der Waals surface area contributed by atoms with Crippen molar-refractivity contribution in [2.24, 2.45) is 5.92 Å². The Balaban J connectivity index is 1.46. The molecule has 4 unspecified atom stereocenters. The highest BCUT2D eigenvalue weighted by Gasteiger charge is 2.44. The standard InChI is InChI=1S/C19H20F3N5O/c20-19(21,22)13-5-7-24-16(9-13)25-18(28)17-14-8-11(3-4-15(14)26-27-17)12-2-1-6-23-10-12/h1-2,5-7,9-11,14-15,17,26-27H,3-4,8H2,(H,24,25,28). The second kappa shape index (κ2) is 7.48. The van der Waals surface area contributed by atoms with Gasteiger partial charge in [0.1, 0.15) is 11.9 Å². The summed E-state index contributed by atoms with van der Waals surface area (Å²) in [5, 5.41) is 2.52. The summed E-state index contributed by atoms with van der Waals surface area (Å²) in [4.78, 5) is 20.7. The first-order valence-electron chi connectivity index (χ1n) is 9.17. The fourth-order valence-electron chi connectivity index (χ4n) is 4.12. The zero-order valence-electron chi connectivity index (χ0n) is 14.9. The van der Waals surface area contributed by atoms with E-state index in [0.717, 1.165) is 43.2 Å². The molecule has 28 heavy (non-hydrogen) atoms. The van der Waals surface area contributed by atoms with E-state index in [1.165, 1.54) is 0 Å². The van der Waals surface area contributed by atoms with Crippen molar-refractivity contribution < 1.29 is 18.0 Å². The van der Waals surface area contributed by atoms with Gasteiger partial charge in [-0.2, -0.15) is 13.2 Å². The predicted octanol–water partition coefficient (Wildman–Crippen LogP) is 2.86. The lowest BCUT2D eigenvalue weighted by Crippen LogP contribution is -2.42. The number of alkyl halides is 3. The molecule has 2 aromatic rings. The van der Waals surface area contributed by atoms with Gasteiger partial charge in [-0.05, 0) is 48.9 Å². The minimum Gasteiger partial charge on any atom is -0.309 e. The van der Waals surface area contributed by atoms with Gasteiger partial charge in [0.25, 0.3) is 0 Å². The Morgan fingerprint density at radius 3 is 2.79 bits per heavy atom. The van der Waals surface area contributed by atoms with Crippen molar-refractivity contribution in [3.63, 3.8) is 0 Å². The predicted molar refractivity (Wildman–Crippen MR) is 96.0 cm³/mol. The summed E-state index contributed by atoms with van der Waals surface area (Å²) >= 11 is 0. The Morgan fingerprint density at radius 1 is 1.18 bits per heavy atom. The highest BCUT2D eigenvalue weighted by Crippen LogP contribution is 2.39. The highest BCUT2D eigenvalue weighted by molar-refractivity contribution is 5.94. The maximum Gasteiger partial charge on any atom is 0.416 e. The van der Waals surface area contributed by atoms with Crippen molar-refractivity contribution in [1.82, 2.24) is 20.8 Å². The summed E-state index contributed by atoms with van der Waals surface area (Å²) in [7, 11) is 0. The molecule has 3 N–H and O–H groups in total. The molecule has 0 bridgehead atoms. The van der Waals surface area contributed by atoms with Gasteiger partial charge in [0, 0.05) is 30.6 Å². The number of pyridine rings is 2. The summed E-state index contributed by atoms with van der Waals surface area (Å²) < 4.78 is 38.6. The third-order valence-electron chi connectivity index (χ3n) is 5.53. The van der Waals surface area contributed by atoms with E-state index in [1.54, 1.807) is 6.20 Å². The quantitative estimate of drug-likeness (QED) is 0.750. The van der Waals surface area contributed by atoms with Crippen LogP contribution < -0.4 is 16.2 Å². The first-order chi connectivity index (χ1) is 13.4. The van der Waals surface area contributed by atoms with Gasteiger partial charge >= 0.3 is 6.18 Å². The van der Waals surface area contributed by atoms with Crippen LogP contribution in [0.5, 0.6) is 0 Å². The molecule has 1 saturated heterocycles. The van der Waals surface area contributed by atoms with E-state index in [4.69, 9.17) is 0 Å². The summed E-state index contributed by atoms with van der Waals surface area (Å²) in [6.45, 7) is 0. The molecule has 0 spiro atoms. The topological polar surface area (TPSA) is 78.9 Å². The number of carbonyl (C=O) groups excluding carboxylic acids is 1. The number of carbonyl (C=O) groups is 1. The number of rotatable bonds is 3. The first kappa shape index (κ1) is 18.8. The average molecular weight is 391 g/mol. The van der Waals surface area contributed by atoms with Gasteiger partial charge in [-0.15, -0.1) is 0 Å². The fraction of sp³-hybridized carbons (Fsp3) is 0.421. The van der Waals surface area contributed by atoms with E-state index >= 15 is 0 Å². The van der Waals surface area contributed by atoms with Gasteiger partial charge in [-0.1, -0.05) is 6.07 Å². The summed E-state index contributed by atoms with van der Waals surface area (Å²) in [6.07, 6.45) is 2.83. The second-order valence-electron chi connectivity index (χ2n) is 7.25. The number of fused-ring (bicyclic) bond motifs is 1. The number of aromatic nitrogens is 2. The average Bonchev–Trinajstić information content (AvgIpc) is 3.11. The van der Waals surface area contributed by atoms with Crippen LogP contribution in [0.3, 0.4) is 0 Å². The smallest absolute Gasteiger partial charge is 0.309 e. The first-order valence-corrected chi connectivity index (χ1v) is 9.17. The third-order valence-corrected chi connectivity index (χ3v) is 5.53. The van der Waals surface area contributed by atoms with Crippen LogP contribution in [-0.4, -0.2) is 28.0 Å². The van der Waals surface area contributed by atoms with Crippen LogP contribution in [0.15, 0.2) is 42.9 Å². The molecule has 1 aliphatic heterocycles. The molecule has 1 aliphatic carbocycles. The lowest BCUT2D eigenvalue weighted by atomic mass is 9.73. The molecule has 4 atom stereocenters. The van der Waals surface area contributed by atoms with Crippen LogP contribution in [0, 0.1) is 5.92 Å². The van der Waals surface area contributed by atoms with Gasteiger partial charge in [0.05, 0.1) is 5.56 Å². The van der Waals surface area contributed by atoms with Crippen molar-refractivity contribution >= 4 is 11.7 Å². The van der Waals surface area contributed by atoms with Crippen molar-refractivity contribution in [3.05, 3.63) is 54.0 Å². The number of nitrogens with one attached hydrogen (secondary N) is 3. The van der Waals surface area contributed by atoms with Crippen LogP contribution >= 0.6 is 0 Å². The van der Waals surface area contributed by atoms with Crippen molar-refractivity contribution in [2.45, 2.75) is 43.4 Å². The van der Waals surface area contributed by atoms with Gasteiger partial charge in [0.2, 0.25) is 5.91 Å². The van der Waals surface area contributed by atoms with Gasteiger partial charge in [-0.3, -0.25) is 15.2 Å². The zero-order chi connectivity index (χ0) is 19.7. The Morgan fingerprint density at radius 2 is 2.04 bits per heavy atom. The van der Waals surface area contributed by atoms with Gasteiger partial charge in [0.15, 0.2) is 0 Å². The number of hydrazine groups is 1. The Bertz CT molecular complexity index is 845. The van der Waals surface area contributed by atoms with Crippen LogP contribution in [-0.2, 0) is 11.0 Å². The Hall–Kier alpha value is -2.52. The Labute approximate surface area is 159 Å². The van der Waals surface area contributed by atoms with E-state index in [2.05, 4.69) is 26.1 Å². The molecule has 2 aliphatic rings. The molecule has 148 valence electrons. The largest absolute Gasteiger partial charge is 0.416 e.